The molecular weight excluding hydrogens is 386 g/mol. The number of amides is 1. The van der Waals surface area contributed by atoms with Gasteiger partial charge < -0.3 is 4.90 Å². The summed E-state index contributed by atoms with van der Waals surface area (Å²) in [7, 11) is -3.13. The molecule has 1 aromatic carbocycles. The van der Waals surface area contributed by atoms with E-state index in [4.69, 9.17) is 0 Å². The number of piperidine rings is 1. The van der Waals surface area contributed by atoms with Gasteiger partial charge >= 0.3 is 0 Å². The Morgan fingerprint density at radius 1 is 1.14 bits per heavy atom. The summed E-state index contributed by atoms with van der Waals surface area (Å²) in [5.74, 6) is 0.660. The van der Waals surface area contributed by atoms with E-state index in [1.165, 1.54) is 11.8 Å². The Labute approximate surface area is 173 Å². The Balaban J connectivity index is 1.47. The van der Waals surface area contributed by atoms with Gasteiger partial charge in [-0.1, -0.05) is 24.3 Å². The van der Waals surface area contributed by atoms with Crippen molar-refractivity contribution < 1.29 is 13.2 Å². The molecular formula is C22H29N3O3S. The molecule has 0 atom stereocenters. The van der Waals surface area contributed by atoms with Gasteiger partial charge in [0.2, 0.25) is 10.0 Å². The van der Waals surface area contributed by atoms with E-state index in [0.29, 0.717) is 24.4 Å². The molecule has 1 saturated heterocycles. The molecule has 0 bridgehead atoms. The maximum atomic E-state index is 12.7. The quantitative estimate of drug-likeness (QED) is 0.754. The number of nitrogens with one attached hydrogen (secondary N) is 1. The minimum Gasteiger partial charge on any atom is -0.339 e. The maximum absolute atomic E-state index is 12.7. The Kier molecular flexibility index (Phi) is 7.03. The van der Waals surface area contributed by atoms with Crippen LogP contribution in [0.25, 0.3) is 0 Å². The van der Waals surface area contributed by atoms with Gasteiger partial charge in [0, 0.05) is 32.0 Å². The topological polar surface area (TPSA) is 79.4 Å². The molecule has 6 nitrogen and oxygen atoms in total. The Morgan fingerprint density at radius 2 is 1.79 bits per heavy atom. The number of hydrogen-bond acceptors (Lipinski definition) is 4. The Hall–Kier alpha value is -2.25. The molecule has 2 aromatic rings. The predicted octanol–water partition coefficient (Wildman–Crippen LogP) is 2.58. The number of hydrogen-bond donors (Lipinski definition) is 1. The summed E-state index contributed by atoms with van der Waals surface area (Å²) >= 11 is 0. The fourth-order valence-corrected chi connectivity index (χ4v) is 4.23. The first-order valence-corrected chi connectivity index (χ1v) is 11.9. The number of benzene rings is 1. The third kappa shape index (κ3) is 6.37. The zero-order valence-corrected chi connectivity index (χ0v) is 17.9. The highest BCUT2D eigenvalue weighted by atomic mass is 32.2. The summed E-state index contributed by atoms with van der Waals surface area (Å²) in [5.41, 5.74) is 4.08. The zero-order chi connectivity index (χ0) is 20.9. The second-order valence-corrected chi connectivity index (χ2v) is 9.70. The molecule has 0 saturated carbocycles. The molecule has 0 unspecified atom stereocenters. The molecule has 156 valence electrons. The molecule has 7 heteroatoms. The highest BCUT2D eigenvalue weighted by Crippen LogP contribution is 2.23. The van der Waals surface area contributed by atoms with E-state index in [0.717, 1.165) is 43.5 Å². The first kappa shape index (κ1) is 21.5. The van der Waals surface area contributed by atoms with Gasteiger partial charge in [-0.15, -0.1) is 0 Å². The molecule has 1 fully saturated rings. The van der Waals surface area contributed by atoms with E-state index in [2.05, 4.69) is 34.0 Å². The van der Waals surface area contributed by atoms with E-state index in [1.54, 1.807) is 12.4 Å². The average Bonchev–Trinajstić information content (AvgIpc) is 2.69. The van der Waals surface area contributed by atoms with Crippen LogP contribution in [0.2, 0.25) is 0 Å². The van der Waals surface area contributed by atoms with Gasteiger partial charge in [-0.2, -0.15) is 0 Å². The van der Waals surface area contributed by atoms with Crippen LogP contribution in [0.3, 0.4) is 0 Å². The number of nitrogens with zero attached hydrogens (tertiary/aromatic N) is 2. The predicted molar refractivity (Wildman–Crippen MR) is 114 cm³/mol. The van der Waals surface area contributed by atoms with E-state index >= 15 is 0 Å². The Morgan fingerprint density at radius 3 is 2.41 bits per heavy atom. The van der Waals surface area contributed by atoms with Crippen LogP contribution >= 0.6 is 0 Å². The van der Waals surface area contributed by atoms with E-state index in [1.807, 2.05) is 17.9 Å². The van der Waals surface area contributed by atoms with Crippen LogP contribution in [-0.2, 0) is 22.9 Å². The zero-order valence-electron chi connectivity index (χ0n) is 17.1. The number of carbonyl (C=O) groups excluding carboxylic acids is 1. The molecule has 0 radical (unpaired) electrons. The monoisotopic (exact) mass is 415 g/mol. The molecule has 1 aromatic heterocycles. The van der Waals surface area contributed by atoms with Crippen LogP contribution < -0.4 is 4.72 Å². The van der Waals surface area contributed by atoms with Gasteiger partial charge in [0.05, 0.1) is 11.8 Å². The van der Waals surface area contributed by atoms with Crippen LogP contribution in [0.1, 0.15) is 39.9 Å². The highest BCUT2D eigenvalue weighted by Gasteiger charge is 2.24. The second-order valence-electron chi connectivity index (χ2n) is 7.86. The molecule has 1 aliphatic heterocycles. The first-order chi connectivity index (χ1) is 13.8. The largest absolute Gasteiger partial charge is 0.339 e. The van der Waals surface area contributed by atoms with Gasteiger partial charge in [-0.3, -0.25) is 9.78 Å². The van der Waals surface area contributed by atoms with Gasteiger partial charge in [-0.25, -0.2) is 13.1 Å². The van der Waals surface area contributed by atoms with Crippen LogP contribution in [-0.4, -0.2) is 50.1 Å². The summed E-state index contributed by atoms with van der Waals surface area (Å²) in [6, 6.07) is 10.3. The molecule has 1 N–H and O–H groups in total. The Bertz CT molecular complexity index is 934. The van der Waals surface area contributed by atoms with Crippen LogP contribution in [0.5, 0.6) is 0 Å². The summed E-state index contributed by atoms with van der Waals surface area (Å²) < 4.78 is 24.8. The lowest BCUT2D eigenvalue weighted by Crippen LogP contribution is -2.39. The van der Waals surface area contributed by atoms with Crippen molar-refractivity contribution in [2.75, 3.05) is 25.9 Å². The molecule has 2 heterocycles. The molecule has 0 spiro atoms. The van der Waals surface area contributed by atoms with Gasteiger partial charge in [0.15, 0.2) is 0 Å². The summed E-state index contributed by atoms with van der Waals surface area (Å²) in [5, 5.41) is 0. The second kappa shape index (κ2) is 9.50. The number of pyridine rings is 1. The lowest BCUT2D eigenvalue weighted by molar-refractivity contribution is 0.0689. The fraction of sp³-hybridized carbons (Fsp3) is 0.455. The molecule has 29 heavy (non-hydrogen) atoms. The van der Waals surface area contributed by atoms with Crippen molar-refractivity contribution in [2.45, 2.75) is 32.6 Å². The van der Waals surface area contributed by atoms with Crippen molar-refractivity contribution in [3.05, 3.63) is 65.0 Å². The standard InChI is InChI=1S/C22H29N3O3S/c1-17-7-11-23-16-21(17)22(26)25-13-9-20(10-14-25)15-19-5-3-18(4-6-19)8-12-24-29(2,27)28/h3-7,11,16,20,24H,8-10,12-15H2,1-2H3. The van der Waals surface area contributed by atoms with Crippen molar-refractivity contribution in [2.24, 2.45) is 5.92 Å². The van der Waals surface area contributed by atoms with Crippen molar-refractivity contribution in [1.29, 1.82) is 0 Å². The molecule has 0 aliphatic carbocycles. The number of likely N-dealkylation sites (tertiary alicyclic amines) is 1. The average molecular weight is 416 g/mol. The fourth-order valence-electron chi connectivity index (χ4n) is 3.75. The van der Waals surface area contributed by atoms with Crippen LogP contribution in [0, 0.1) is 12.8 Å². The molecule has 3 rings (SSSR count). The van der Waals surface area contributed by atoms with E-state index in [-0.39, 0.29) is 5.91 Å². The number of carbonyl (C=O) groups is 1. The third-order valence-electron chi connectivity index (χ3n) is 5.50. The van der Waals surface area contributed by atoms with Crippen molar-refractivity contribution in [3.63, 3.8) is 0 Å². The van der Waals surface area contributed by atoms with E-state index < -0.39 is 10.0 Å². The van der Waals surface area contributed by atoms with Crippen LogP contribution in [0.4, 0.5) is 0 Å². The number of rotatable bonds is 7. The van der Waals surface area contributed by atoms with Crippen LogP contribution in [0.15, 0.2) is 42.7 Å². The highest BCUT2D eigenvalue weighted by molar-refractivity contribution is 7.88. The van der Waals surface area contributed by atoms with E-state index in [9.17, 15) is 13.2 Å². The number of aromatic nitrogens is 1. The summed E-state index contributed by atoms with van der Waals surface area (Å²) in [4.78, 5) is 18.7. The third-order valence-corrected chi connectivity index (χ3v) is 6.23. The van der Waals surface area contributed by atoms with Crippen molar-refractivity contribution in [3.8, 4) is 0 Å². The SMILES string of the molecule is Cc1ccncc1C(=O)N1CCC(Cc2ccc(CCNS(C)(=O)=O)cc2)CC1. The van der Waals surface area contributed by atoms with Crippen molar-refractivity contribution in [1.82, 2.24) is 14.6 Å². The minimum atomic E-state index is -3.13. The summed E-state index contributed by atoms with van der Waals surface area (Å²) in [6.45, 7) is 3.93. The van der Waals surface area contributed by atoms with Gasteiger partial charge in [-0.05, 0) is 61.3 Å². The summed E-state index contributed by atoms with van der Waals surface area (Å²) in [6.07, 6.45) is 8.25. The lowest BCUT2D eigenvalue weighted by Gasteiger charge is -2.32. The number of sulfonamides is 1. The first-order valence-electron chi connectivity index (χ1n) is 10.0. The molecule has 1 amide bonds. The number of aryl methyl sites for hydroxylation is 1. The molecule has 1 aliphatic rings. The van der Waals surface area contributed by atoms with Crippen molar-refractivity contribution >= 4 is 15.9 Å². The maximum Gasteiger partial charge on any atom is 0.255 e. The smallest absolute Gasteiger partial charge is 0.255 e. The normalized spacial score (nSPS) is 15.4. The lowest BCUT2D eigenvalue weighted by atomic mass is 9.89. The van der Waals surface area contributed by atoms with Gasteiger partial charge in [0.1, 0.15) is 0 Å². The van der Waals surface area contributed by atoms with Gasteiger partial charge in [0.25, 0.3) is 5.91 Å². The minimum absolute atomic E-state index is 0.0844.